The van der Waals surface area contributed by atoms with Crippen LogP contribution in [0.2, 0.25) is 0 Å². The lowest BCUT2D eigenvalue weighted by atomic mass is 10.1. The molecule has 0 aromatic carbocycles. The fourth-order valence-electron chi connectivity index (χ4n) is 1.13. The van der Waals surface area contributed by atoms with E-state index in [0.717, 1.165) is 17.8 Å². The minimum absolute atomic E-state index is 0.0156. The van der Waals surface area contributed by atoms with Gasteiger partial charge in [0, 0.05) is 11.9 Å². The highest BCUT2D eigenvalue weighted by Gasteiger charge is 2.05. The highest BCUT2D eigenvalue weighted by atomic mass is 14.9. The molecule has 2 nitrogen and oxygen atoms in total. The van der Waals surface area contributed by atoms with E-state index in [2.05, 4.69) is 16.2 Å². The largest absolute Gasteiger partial charge is 0.300 e. The van der Waals surface area contributed by atoms with Crippen molar-refractivity contribution >= 4 is 0 Å². The van der Waals surface area contributed by atoms with E-state index >= 15 is 0 Å². The molecular formula is C11H14N2. The lowest BCUT2D eigenvalue weighted by Gasteiger charge is -2.10. The monoisotopic (exact) mass is 174 g/mol. The highest BCUT2D eigenvalue weighted by Crippen LogP contribution is 2.10. The molecule has 1 atom stereocenters. The molecular weight excluding hydrogens is 160 g/mol. The first-order valence-corrected chi connectivity index (χ1v) is 4.40. The van der Waals surface area contributed by atoms with E-state index in [1.807, 2.05) is 32.2 Å². The van der Waals surface area contributed by atoms with Crippen LogP contribution in [0.5, 0.6) is 0 Å². The third-order valence-electron chi connectivity index (χ3n) is 1.84. The Kier molecular flexibility index (Phi) is 3.48. The van der Waals surface area contributed by atoms with Gasteiger partial charge in [-0.25, -0.2) is 0 Å². The summed E-state index contributed by atoms with van der Waals surface area (Å²) < 4.78 is 0. The van der Waals surface area contributed by atoms with Gasteiger partial charge in [-0.2, -0.15) is 0 Å². The molecule has 1 rings (SSSR count). The molecule has 0 fully saturated rings. The smallest absolute Gasteiger partial charge is 0.0958 e. The number of nitrogens with one attached hydrogen (secondary N) is 1. The van der Waals surface area contributed by atoms with Gasteiger partial charge in [-0.3, -0.25) is 4.98 Å². The molecule has 0 spiro atoms. The van der Waals surface area contributed by atoms with Gasteiger partial charge >= 0.3 is 0 Å². The van der Waals surface area contributed by atoms with Crippen molar-refractivity contribution in [3.63, 3.8) is 0 Å². The summed E-state index contributed by atoms with van der Waals surface area (Å²) in [6.45, 7) is 4.86. The standard InChI is InChI=1S/C11H14N2/c1-4-11(12-5-2)10-7-6-9(3)13-8-10/h1,6-8,11-12H,5H2,2-3H3. The second-order valence-electron chi connectivity index (χ2n) is 2.89. The number of aromatic nitrogens is 1. The Bertz CT molecular complexity index is 295. The second-order valence-corrected chi connectivity index (χ2v) is 2.89. The molecule has 2 heteroatoms. The van der Waals surface area contributed by atoms with E-state index < -0.39 is 0 Å². The van der Waals surface area contributed by atoms with Crippen LogP contribution in [-0.2, 0) is 0 Å². The molecule has 1 N–H and O–H groups in total. The lowest BCUT2D eigenvalue weighted by molar-refractivity contribution is 0.662. The zero-order valence-corrected chi connectivity index (χ0v) is 8.04. The molecule has 68 valence electrons. The molecule has 0 radical (unpaired) electrons. The maximum Gasteiger partial charge on any atom is 0.0958 e. The van der Waals surface area contributed by atoms with E-state index in [-0.39, 0.29) is 6.04 Å². The first-order chi connectivity index (χ1) is 6.27. The normalized spacial score (nSPS) is 12.1. The van der Waals surface area contributed by atoms with Gasteiger partial charge in [0.2, 0.25) is 0 Å². The number of hydrogen-bond donors (Lipinski definition) is 1. The predicted molar refractivity (Wildman–Crippen MR) is 54.2 cm³/mol. The Balaban J connectivity index is 2.81. The third-order valence-corrected chi connectivity index (χ3v) is 1.84. The molecule has 1 aromatic heterocycles. The van der Waals surface area contributed by atoms with Gasteiger partial charge in [-0.1, -0.05) is 18.9 Å². The van der Waals surface area contributed by atoms with E-state index in [1.165, 1.54) is 0 Å². The number of rotatable bonds is 3. The summed E-state index contributed by atoms with van der Waals surface area (Å²) in [5, 5.41) is 3.19. The van der Waals surface area contributed by atoms with Crippen LogP contribution in [0.3, 0.4) is 0 Å². The van der Waals surface area contributed by atoms with Gasteiger partial charge in [0.25, 0.3) is 0 Å². The number of aryl methyl sites for hydroxylation is 1. The van der Waals surface area contributed by atoms with E-state index in [9.17, 15) is 0 Å². The van der Waals surface area contributed by atoms with Crippen molar-refractivity contribution in [1.29, 1.82) is 0 Å². The number of terminal acetylenes is 1. The van der Waals surface area contributed by atoms with Gasteiger partial charge in [0.05, 0.1) is 6.04 Å². The maximum atomic E-state index is 5.39. The summed E-state index contributed by atoms with van der Waals surface area (Å²) in [5.74, 6) is 2.69. The molecule has 0 saturated heterocycles. The molecule has 0 aliphatic rings. The topological polar surface area (TPSA) is 24.9 Å². The minimum Gasteiger partial charge on any atom is -0.300 e. The fourth-order valence-corrected chi connectivity index (χ4v) is 1.13. The van der Waals surface area contributed by atoms with Gasteiger partial charge < -0.3 is 5.32 Å². The Hall–Kier alpha value is -1.33. The Morgan fingerprint density at radius 2 is 2.38 bits per heavy atom. The van der Waals surface area contributed by atoms with Gasteiger partial charge in [-0.15, -0.1) is 6.42 Å². The molecule has 13 heavy (non-hydrogen) atoms. The van der Waals surface area contributed by atoms with Crippen molar-refractivity contribution < 1.29 is 0 Å². The summed E-state index contributed by atoms with van der Waals surface area (Å²) in [7, 11) is 0. The minimum atomic E-state index is -0.0156. The van der Waals surface area contributed by atoms with Gasteiger partial charge in [0.1, 0.15) is 0 Å². The molecule has 0 amide bonds. The Morgan fingerprint density at radius 1 is 1.62 bits per heavy atom. The number of pyridine rings is 1. The summed E-state index contributed by atoms with van der Waals surface area (Å²) >= 11 is 0. The SMILES string of the molecule is C#CC(NCC)c1ccc(C)nc1. The lowest BCUT2D eigenvalue weighted by Crippen LogP contribution is -2.19. The molecule has 0 aliphatic carbocycles. The molecule has 0 bridgehead atoms. The number of nitrogens with zero attached hydrogens (tertiary/aromatic N) is 1. The maximum absolute atomic E-state index is 5.39. The van der Waals surface area contributed by atoms with Crippen LogP contribution in [0.4, 0.5) is 0 Å². The van der Waals surface area contributed by atoms with Crippen molar-refractivity contribution in [2.24, 2.45) is 0 Å². The Labute approximate surface area is 79.4 Å². The quantitative estimate of drug-likeness (QED) is 0.705. The van der Waals surface area contributed by atoms with Gasteiger partial charge in [0.15, 0.2) is 0 Å². The van der Waals surface area contributed by atoms with Crippen molar-refractivity contribution in [3.8, 4) is 12.3 Å². The van der Waals surface area contributed by atoms with Crippen LogP contribution < -0.4 is 5.32 Å². The molecule has 1 aromatic rings. The van der Waals surface area contributed by atoms with E-state index in [0.29, 0.717) is 0 Å². The van der Waals surface area contributed by atoms with Crippen LogP contribution in [0, 0.1) is 19.3 Å². The summed E-state index contributed by atoms with van der Waals surface area (Å²) in [4.78, 5) is 4.19. The highest BCUT2D eigenvalue weighted by molar-refractivity contribution is 5.23. The summed E-state index contributed by atoms with van der Waals surface area (Å²) in [6, 6.07) is 3.96. The van der Waals surface area contributed by atoms with E-state index in [1.54, 1.807) is 0 Å². The summed E-state index contributed by atoms with van der Waals surface area (Å²) in [6.07, 6.45) is 7.21. The van der Waals surface area contributed by atoms with Crippen molar-refractivity contribution in [2.45, 2.75) is 19.9 Å². The van der Waals surface area contributed by atoms with Crippen molar-refractivity contribution in [1.82, 2.24) is 10.3 Å². The zero-order valence-electron chi connectivity index (χ0n) is 8.04. The molecule has 1 unspecified atom stereocenters. The molecule has 0 aliphatic heterocycles. The van der Waals surface area contributed by atoms with E-state index in [4.69, 9.17) is 6.42 Å². The van der Waals surface area contributed by atoms with Crippen LogP contribution in [0.15, 0.2) is 18.3 Å². The first-order valence-electron chi connectivity index (χ1n) is 4.40. The average molecular weight is 174 g/mol. The van der Waals surface area contributed by atoms with Crippen molar-refractivity contribution in [3.05, 3.63) is 29.6 Å². The molecule has 0 saturated carbocycles. The van der Waals surface area contributed by atoms with Crippen LogP contribution in [0.25, 0.3) is 0 Å². The predicted octanol–water partition coefficient (Wildman–Crippen LogP) is 1.67. The van der Waals surface area contributed by atoms with Crippen molar-refractivity contribution in [2.75, 3.05) is 6.54 Å². The number of hydrogen-bond acceptors (Lipinski definition) is 2. The summed E-state index contributed by atoms with van der Waals surface area (Å²) in [5.41, 5.74) is 2.06. The Morgan fingerprint density at radius 3 is 2.85 bits per heavy atom. The fraction of sp³-hybridized carbons (Fsp3) is 0.364. The van der Waals surface area contributed by atoms with Crippen LogP contribution in [0.1, 0.15) is 24.2 Å². The van der Waals surface area contributed by atoms with Gasteiger partial charge in [-0.05, 0) is 25.1 Å². The second kappa shape index (κ2) is 4.64. The van der Waals surface area contributed by atoms with Crippen LogP contribution >= 0.6 is 0 Å². The van der Waals surface area contributed by atoms with Crippen LogP contribution in [-0.4, -0.2) is 11.5 Å². The first kappa shape index (κ1) is 9.76. The average Bonchev–Trinajstić information content (AvgIpc) is 2.16. The zero-order chi connectivity index (χ0) is 9.68. The molecule has 1 heterocycles. The third kappa shape index (κ3) is 2.57.